The summed E-state index contributed by atoms with van der Waals surface area (Å²) in [5.41, 5.74) is 6.76. The van der Waals surface area contributed by atoms with Crippen LogP contribution in [0.25, 0.3) is 16.6 Å². The van der Waals surface area contributed by atoms with Gasteiger partial charge >= 0.3 is 6.18 Å². The summed E-state index contributed by atoms with van der Waals surface area (Å²) in [6.45, 7) is -0.159. The molecular weight excluding hydrogens is 430 g/mol. The summed E-state index contributed by atoms with van der Waals surface area (Å²) in [5.74, 6) is -2.08. The molecule has 0 aliphatic carbocycles. The van der Waals surface area contributed by atoms with Crippen LogP contribution in [0.3, 0.4) is 0 Å². The van der Waals surface area contributed by atoms with Gasteiger partial charge in [-0.1, -0.05) is 6.07 Å². The number of imidazole rings is 1. The van der Waals surface area contributed by atoms with Crippen molar-refractivity contribution in [1.29, 1.82) is 0 Å². The number of nitrogen functional groups attached to an aromatic ring is 1. The lowest BCUT2D eigenvalue weighted by molar-refractivity contribution is -0.140. The molecule has 11 heteroatoms. The zero-order valence-corrected chi connectivity index (χ0v) is 16.5. The lowest BCUT2D eigenvalue weighted by Crippen LogP contribution is -2.32. The van der Waals surface area contributed by atoms with Crippen LogP contribution in [0.5, 0.6) is 5.75 Å². The van der Waals surface area contributed by atoms with E-state index in [1.807, 2.05) is 0 Å². The fourth-order valence-electron chi connectivity index (χ4n) is 3.92. The van der Waals surface area contributed by atoms with Gasteiger partial charge in [0.05, 0.1) is 35.2 Å². The number of ether oxygens (including phenoxy) is 1. The second kappa shape index (κ2) is 6.81. The Labute approximate surface area is 178 Å². The monoisotopic (exact) mass is 445 g/mol. The number of aromatic nitrogens is 3. The molecule has 2 N–H and O–H groups in total. The molecule has 0 saturated heterocycles. The third-order valence-electron chi connectivity index (χ3n) is 5.59. The van der Waals surface area contributed by atoms with Crippen molar-refractivity contribution >= 4 is 28.3 Å². The number of carbonyl (C=O) groups is 1. The highest BCUT2D eigenvalue weighted by Gasteiger charge is 2.40. The molecule has 2 aromatic heterocycles. The van der Waals surface area contributed by atoms with E-state index in [0.717, 1.165) is 6.07 Å². The third kappa shape index (κ3) is 2.92. The number of hydrogen-bond donors (Lipinski definition) is 1. The second-order valence-corrected chi connectivity index (χ2v) is 7.44. The molecule has 7 nitrogen and oxygen atoms in total. The summed E-state index contributed by atoms with van der Waals surface area (Å²) in [5, 5.41) is 0. The van der Waals surface area contributed by atoms with Crippen molar-refractivity contribution in [2.75, 3.05) is 19.4 Å². The largest absolute Gasteiger partial charge is 0.488 e. The van der Waals surface area contributed by atoms with E-state index in [4.69, 9.17) is 10.5 Å². The molecule has 1 aliphatic heterocycles. The van der Waals surface area contributed by atoms with Gasteiger partial charge in [0, 0.05) is 18.2 Å². The Morgan fingerprint density at radius 3 is 2.78 bits per heavy atom. The Balaban J connectivity index is 1.51. The molecule has 4 aromatic rings. The van der Waals surface area contributed by atoms with E-state index >= 15 is 0 Å². The van der Waals surface area contributed by atoms with Crippen molar-refractivity contribution in [1.82, 2.24) is 19.3 Å². The van der Waals surface area contributed by atoms with Gasteiger partial charge in [-0.3, -0.25) is 9.20 Å². The van der Waals surface area contributed by atoms with Crippen LogP contribution in [0.4, 0.5) is 23.4 Å². The Morgan fingerprint density at radius 2 is 2.03 bits per heavy atom. The van der Waals surface area contributed by atoms with E-state index in [1.54, 1.807) is 35.1 Å². The molecule has 0 saturated carbocycles. The predicted octanol–water partition coefficient (Wildman–Crippen LogP) is 3.83. The lowest BCUT2D eigenvalue weighted by Gasteiger charge is -2.24. The quantitative estimate of drug-likeness (QED) is 0.474. The first kappa shape index (κ1) is 20.0. The van der Waals surface area contributed by atoms with Crippen LogP contribution in [0.15, 0.2) is 42.9 Å². The molecule has 0 bridgehead atoms. The highest BCUT2D eigenvalue weighted by Crippen LogP contribution is 2.43. The minimum absolute atomic E-state index is 0.159. The number of halogens is 4. The first-order valence-electron chi connectivity index (χ1n) is 9.47. The first-order valence-corrected chi connectivity index (χ1v) is 9.47. The number of anilines is 1. The van der Waals surface area contributed by atoms with Crippen molar-refractivity contribution in [3.05, 3.63) is 65.4 Å². The Hall–Kier alpha value is -3.89. The van der Waals surface area contributed by atoms with Gasteiger partial charge in [-0.05, 0) is 24.3 Å². The van der Waals surface area contributed by atoms with Gasteiger partial charge in [0.15, 0.2) is 11.6 Å². The number of fused-ring (bicyclic) bond motifs is 4. The van der Waals surface area contributed by atoms with Gasteiger partial charge in [-0.15, -0.1) is 0 Å². The fraction of sp³-hybridized carbons (Fsp3) is 0.190. The van der Waals surface area contributed by atoms with E-state index in [2.05, 4.69) is 9.97 Å². The average molecular weight is 445 g/mol. The lowest BCUT2D eigenvalue weighted by atomic mass is 10.0. The van der Waals surface area contributed by atoms with E-state index in [9.17, 15) is 22.4 Å². The summed E-state index contributed by atoms with van der Waals surface area (Å²) in [7, 11) is 1.49. The van der Waals surface area contributed by atoms with Crippen molar-refractivity contribution < 1.29 is 27.1 Å². The van der Waals surface area contributed by atoms with Crippen molar-refractivity contribution in [3.63, 3.8) is 0 Å². The number of benzene rings is 2. The zero-order valence-electron chi connectivity index (χ0n) is 16.5. The molecule has 0 unspecified atom stereocenters. The van der Waals surface area contributed by atoms with Crippen LogP contribution in [-0.2, 0) is 6.18 Å². The summed E-state index contributed by atoms with van der Waals surface area (Å²) in [6.07, 6.45) is -1.74. The number of hydrogen-bond acceptors (Lipinski definition) is 5. The molecule has 3 heterocycles. The highest BCUT2D eigenvalue weighted by molar-refractivity contribution is 5.98. The number of amides is 1. The standard InChI is InChI=1S/C21H15F4N5O2/c1-29(16-8-32-18-11(16)3-4-12(17(18)22)21(23,24)25)20(31)10-2-5-13-14(6-10)30-9-27-7-15(30)19(26)28-13/h2-7,9,16H,8H2,1H3,(H2,26,28)/t16-/m1/s1. The summed E-state index contributed by atoms with van der Waals surface area (Å²) >= 11 is 0. The van der Waals surface area contributed by atoms with Gasteiger partial charge in [0.1, 0.15) is 17.9 Å². The zero-order chi connectivity index (χ0) is 22.8. The van der Waals surface area contributed by atoms with Crippen LogP contribution in [0, 0.1) is 5.82 Å². The molecule has 1 amide bonds. The normalized spacial score (nSPS) is 15.7. The van der Waals surface area contributed by atoms with Gasteiger partial charge < -0.3 is 15.4 Å². The number of nitrogens with zero attached hydrogens (tertiary/aromatic N) is 4. The Kier molecular flexibility index (Phi) is 4.26. The van der Waals surface area contributed by atoms with E-state index in [-0.39, 0.29) is 12.2 Å². The van der Waals surface area contributed by atoms with Crippen LogP contribution >= 0.6 is 0 Å². The summed E-state index contributed by atoms with van der Waals surface area (Å²) in [6, 6.07) is 5.89. The maximum Gasteiger partial charge on any atom is 0.419 e. The molecule has 2 aromatic carbocycles. The maximum atomic E-state index is 14.4. The average Bonchev–Trinajstić information content (AvgIpc) is 3.40. The fourth-order valence-corrected chi connectivity index (χ4v) is 3.92. The highest BCUT2D eigenvalue weighted by atomic mass is 19.4. The first-order chi connectivity index (χ1) is 15.2. The minimum Gasteiger partial charge on any atom is -0.488 e. The number of alkyl halides is 3. The number of nitrogens with two attached hydrogens (primary N) is 1. The smallest absolute Gasteiger partial charge is 0.419 e. The second-order valence-electron chi connectivity index (χ2n) is 7.44. The van der Waals surface area contributed by atoms with Crippen LogP contribution in [0.2, 0.25) is 0 Å². The number of rotatable bonds is 2. The molecule has 1 aliphatic rings. The Bertz CT molecular complexity index is 1400. The van der Waals surface area contributed by atoms with Crippen molar-refractivity contribution in [2.24, 2.45) is 0 Å². The van der Waals surface area contributed by atoms with E-state index < -0.39 is 35.3 Å². The molecule has 1 atom stereocenters. The molecular formula is C21H15F4N5O2. The SMILES string of the molecule is CN(C(=O)c1ccc2nc(N)c3cncn3c2c1)[C@@H]1COc2c1ccc(C(F)(F)F)c2F. The van der Waals surface area contributed by atoms with Crippen LogP contribution in [0.1, 0.15) is 27.5 Å². The van der Waals surface area contributed by atoms with E-state index in [1.165, 1.54) is 11.9 Å². The van der Waals surface area contributed by atoms with Gasteiger partial charge in [0.25, 0.3) is 5.91 Å². The van der Waals surface area contributed by atoms with Crippen LogP contribution in [-0.4, -0.2) is 38.8 Å². The molecule has 5 rings (SSSR count). The molecule has 32 heavy (non-hydrogen) atoms. The molecule has 0 radical (unpaired) electrons. The van der Waals surface area contributed by atoms with Crippen molar-refractivity contribution in [3.8, 4) is 5.75 Å². The summed E-state index contributed by atoms with van der Waals surface area (Å²) in [4.78, 5) is 22.8. The van der Waals surface area contributed by atoms with E-state index in [0.29, 0.717) is 34.0 Å². The molecule has 0 spiro atoms. The minimum atomic E-state index is -4.84. The van der Waals surface area contributed by atoms with Gasteiger partial charge in [-0.2, -0.15) is 13.2 Å². The molecule has 164 valence electrons. The topological polar surface area (TPSA) is 85.8 Å². The summed E-state index contributed by atoms with van der Waals surface area (Å²) < 4.78 is 60.2. The number of likely N-dealkylation sites (N-methyl/N-ethyl adjacent to an activating group) is 1. The maximum absolute atomic E-state index is 14.4. The third-order valence-corrected chi connectivity index (χ3v) is 5.59. The van der Waals surface area contributed by atoms with Gasteiger partial charge in [-0.25, -0.2) is 14.4 Å². The number of carbonyl (C=O) groups excluding carboxylic acids is 1. The van der Waals surface area contributed by atoms with Crippen LogP contribution < -0.4 is 10.5 Å². The molecule has 0 fully saturated rings. The van der Waals surface area contributed by atoms with Crippen molar-refractivity contribution in [2.45, 2.75) is 12.2 Å². The predicted molar refractivity (Wildman–Crippen MR) is 107 cm³/mol. The van der Waals surface area contributed by atoms with Gasteiger partial charge in [0.2, 0.25) is 0 Å². The Morgan fingerprint density at radius 1 is 1.25 bits per heavy atom.